The molecule has 138 valence electrons. The molecule has 0 radical (unpaired) electrons. The zero-order valence-electron chi connectivity index (χ0n) is 15.1. The fraction of sp³-hybridized carbons (Fsp3) is 0.263. The molecule has 7 heteroatoms. The molecule has 1 unspecified atom stereocenters. The number of hydrogen-bond donors (Lipinski definition) is 1. The first-order valence-corrected chi connectivity index (χ1v) is 8.30. The van der Waals surface area contributed by atoms with E-state index in [-0.39, 0.29) is 5.91 Å². The van der Waals surface area contributed by atoms with E-state index in [2.05, 4.69) is 10.5 Å². The highest BCUT2D eigenvalue weighted by Crippen LogP contribution is 2.23. The smallest absolute Gasteiger partial charge is 0.280 e. The molecule has 6 nitrogen and oxygen atoms in total. The minimum Gasteiger partial charge on any atom is -0.497 e. The Labute approximate surface area is 157 Å². The van der Waals surface area contributed by atoms with Gasteiger partial charge in [-0.1, -0.05) is 11.6 Å². The van der Waals surface area contributed by atoms with Crippen molar-refractivity contribution in [3.05, 3.63) is 52.5 Å². The van der Waals surface area contributed by atoms with Gasteiger partial charge in [0.2, 0.25) is 0 Å². The second kappa shape index (κ2) is 9.10. The monoisotopic (exact) mass is 376 g/mol. The predicted octanol–water partition coefficient (Wildman–Crippen LogP) is 3.58. The van der Waals surface area contributed by atoms with Crippen LogP contribution in [0.4, 0.5) is 0 Å². The van der Waals surface area contributed by atoms with Crippen LogP contribution in [0.3, 0.4) is 0 Å². The fourth-order valence-electron chi connectivity index (χ4n) is 2.19. The van der Waals surface area contributed by atoms with Gasteiger partial charge in [0.25, 0.3) is 5.91 Å². The molecule has 2 aromatic rings. The van der Waals surface area contributed by atoms with E-state index in [0.29, 0.717) is 27.8 Å². The summed E-state index contributed by atoms with van der Waals surface area (Å²) in [4.78, 5) is 12.2. The van der Waals surface area contributed by atoms with Crippen molar-refractivity contribution in [2.45, 2.75) is 20.0 Å². The third-order valence-corrected chi connectivity index (χ3v) is 3.86. The molecule has 2 aromatic carbocycles. The Morgan fingerprint density at radius 2 is 1.88 bits per heavy atom. The third-order valence-electron chi connectivity index (χ3n) is 3.63. The van der Waals surface area contributed by atoms with Crippen LogP contribution in [-0.2, 0) is 4.79 Å². The Hall–Kier alpha value is -2.73. The van der Waals surface area contributed by atoms with Crippen molar-refractivity contribution in [3.63, 3.8) is 0 Å². The summed E-state index contributed by atoms with van der Waals surface area (Å²) in [5.41, 5.74) is 3.98. The molecule has 1 amide bonds. The summed E-state index contributed by atoms with van der Waals surface area (Å²) < 4.78 is 16.1. The number of nitrogens with zero attached hydrogens (tertiary/aromatic N) is 1. The maximum absolute atomic E-state index is 12.2. The van der Waals surface area contributed by atoms with E-state index < -0.39 is 6.10 Å². The van der Waals surface area contributed by atoms with Crippen molar-refractivity contribution in [3.8, 4) is 17.2 Å². The minimum absolute atomic E-state index is 0.377. The molecule has 0 aliphatic carbocycles. The molecule has 0 aromatic heterocycles. The highest BCUT2D eigenvalue weighted by Gasteiger charge is 2.15. The van der Waals surface area contributed by atoms with Crippen molar-refractivity contribution in [2.75, 3.05) is 14.2 Å². The topological polar surface area (TPSA) is 69.2 Å². The van der Waals surface area contributed by atoms with Gasteiger partial charge in [0.1, 0.15) is 17.2 Å². The quantitative estimate of drug-likeness (QED) is 0.592. The van der Waals surface area contributed by atoms with Gasteiger partial charge in [-0.2, -0.15) is 5.10 Å². The zero-order chi connectivity index (χ0) is 19.1. The lowest BCUT2D eigenvalue weighted by molar-refractivity contribution is -0.127. The van der Waals surface area contributed by atoms with Gasteiger partial charge in [-0.15, -0.1) is 0 Å². The molecule has 1 atom stereocenters. The number of hydrogen-bond acceptors (Lipinski definition) is 5. The van der Waals surface area contributed by atoms with Crippen molar-refractivity contribution < 1.29 is 19.0 Å². The van der Waals surface area contributed by atoms with E-state index >= 15 is 0 Å². The number of methoxy groups -OCH3 is 2. The average Bonchev–Trinajstić information content (AvgIpc) is 2.63. The minimum atomic E-state index is -0.723. The van der Waals surface area contributed by atoms with Crippen LogP contribution in [0.5, 0.6) is 17.2 Å². The molecular formula is C19H21ClN2O4. The summed E-state index contributed by atoms with van der Waals surface area (Å²) >= 11 is 5.92. The largest absolute Gasteiger partial charge is 0.497 e. The van der Waals surface area contributed by atoms with Crippen LogP contribution in [-0.4, -0.2) is 32.4 Å². The van der Waals surface area contributed by atoms with Crippen LogP contribution in [0.2, 0.25) is 5.02 Å². The van der Waals surface area contributed by atoms with Gasteiger partial charge < -0.3 is 14.2 Å². The lowest BCUT2D eigenvalue weighted by Crippen LogP contribution is -2.33. The number of halogens is 1. The van der Waals surface area contributed by atoms with E-state index in [1.807, 2.05) is 6.92 Å². The second-order valence-electron chi connectivity index (χ2n) is 5.51. The van der Waals surface area contributed by atoms with Crippen LogP contribution in [0.15, 0.2) is 41.5 Å². The molecule has 2 rings (SSSR count). The predicted molar refractivity (Wildman–Crippen MR) is 102 cm³/mol. The maximum Gasteiger partial charge on any atom is 0.280 e. The van der Waals surface area contributed by atoms with Crippen molar-refractivity contribution in [1.82, 2.24) is 5.43 Å². The van der Waals surface area contributed by atoms with Crippen molar-refractivity contribution in [2.24, 2.45) is 5.10 Å². The molecule has 0 aliphatic rings. The van der Waals surface area contributed by atoms with E-state index in [9.17, 15) is 4.79 Å². The summed E-state index contributed by atoms with van der Waals surface area (Å²) in [6, 6.07) is 10.5. The van der Waals surface area contributed by atoms with Crippen molar-refractivity contribution >= 4 is 23.7 Å². The zero-order valence-corrected chi connectivity index (χ0v) is 15.8. The number of hydrazone groups is 1. The molecular weight excluding hydrogens is 356 g/mol. The third kappa shape index (κ3) is 5.13. The molecule has 0 spiro atoms. The first-order valence-electron chi connectivity index (χ1n) is 7.92. The number of carbonyl (C=O) groups excluding carboxylic acids is 1. The van der Waals surface area contributed by atoms with Gasteiger partial charge in [0.05, 0.1) is 20.4 Å². The standard InChI is InChI=1S/C19H21ClN2O4/c1-12-9-15(20)5-7-17(12)26-13(2)19(23)22-21-11-14-10-16(24-3)6-8-18(14)25-4/h5-11,13H,1-4H3,(H,22,23)/b21-11+. The molecule has 26 heavy (non-hydrogen) atoms. The number of ether oxygens (including phenoxy) is 3. The van der Waals surface area contributed by atoms with Gasteiger partial charge in [0, 0.05) is 10.6 Å². The molecule has 0 heterocycles. The Kier molecular flexibility index (Phi) is 6.86. The van der Waals surface area contributed by atoms with Gasteiger partial charge in [-0.25, -0.2) is 5.43 Å². The van der Waals surface area contributed by atoms with Crippen molar-refractivity contribution in [1.29, 1.82) is 0 Å². The van der Waals surface area contributed by atoms with Gasteiger partial charge in [0.15, 0.2) is 6.10 Å². The molecule has 1 N–H and O–H groups in total. The van der Waals surface area contributed by atoms with E-state index in [4.69, 9.17) is 25.8 Å². The molecule has 0 saturated carbocycles. The normalized spacial score (nSPS) is 11.9. The number of rotatable bonds is 7. The number of aryl methyl sites for hydroxylation is 1. The highest BCUT2D eigenvalue weighted by molar-refractivity contribution is 6.30. The van der Waals surface area contributed by atoms with Crippen LogP contribution >= 0.6 is 11.6 Å². The SMILES string of the molecule is COc1ccc(OC)c(/C=N/NC(=O)C(C)Oc2ccc(Cl)cc2C)c1. The number of carbonyl (C=O) groups is 1. The summed E-state index contributed by atoms with van der Waals surface area (Å²) in [6.45, 7) is 3.50. The Bertz CT molecular complexity index is 808. The van der Waals surface area contributed by atoms with Gasteiger partial charge >= 0.3 is 0 Å². The van der Waals surface area contributed by atoms with Gasteiger partial charge in [-0.05, 0) is 55.8 Å². The first kappa shape index (κ1) is 19.6. The number of amides is 1. The van der Waals surface area contributed by atoms with E-state index in [0.717, 1.165) is 5.56 Å². The van der Waals surface area contributed by atoms with E-state index in [1.165, 1.54) is 6.21 Å². The first-order chi connectivity index (χ1) is 12.4. The van der Waals surface area contributed by atoms with Crippen LogP contribution < -0.4 is 19.6 Å². The second-order valence-corrected chi connectivity index (χ2v) is 5.95. The average molecular weight is 377 g/mol. The Morgan fingerprint density at radius 3 is 2.54 bits per heavy atom. The van der Waals surface area contributed by atoms with E-state index in [1.54, 1.807) is 57.5 Å². The summed E-state index contributed by atoms with van der Waals surface area (Å²) in [7, 11) is 3.13. The summed E-state index contributed by atoms with van der Waals surface area (Å²) in [5.74, 6) is 1.49. The molecule has 0 saturated heterocycles. The van der Waals surface area contributed by atoms with Crippen LogP contribution in [0, 0.1) is 6.92 Å². The summed E-state index contributed by atoms with van der Waals surface area (Å²) in [6.07, 6.45) is 0.763. The lowest BCUT2D eigenvalue weighted by atomic mass is 10.2. The number of nitrogens with one attached hydrogen (secondary N) is 1. The fourth-order valence-corrected chi connectivity index (χ4v) is 2.41. The lowest BCUT2D eigenvalue weighted by Gasteiger charge is -2.15. The summed E-state index contributed by atoms with van der Waals surface area (Å²) in [5, 5.41) is 4.58. The molecule has 0 bridgehead atoms. The Morgan fingerprint density at radius 1 is 1.15 bits per heavy atom. The van der Waals surface area contributed by atoms with Crippen LogP contribution in [0.1, 0.15) is 18.1 Å². The number of benzene rings is 2. The highest BCUT2D eigenvalue weighted by atomic mass is 35.5. The Balaban J connectivity index is 2.00. The molecule has 0 fully saturated rings. The van der Waals surface area contributed by atoms with Gasteiger partial charge in [-0.3, -0.25) is 4.79 Å². The maximum atomic E-state index is 12.2. The van der Waals surface area contributed by atoms with Crippen LogP contribution in [0.25, 0.3) is 0 Å². The molecule has 0 aliphatic heterocycles.